The average molecular weight is 375 g/mol. The summed E-state index contributed by atoms with van der Waals surface area (Å²) in [7, 11) is 0. The minimum absolute atomic E-state index is 0.854. The summed E-state index contributed by atoms with van der Waals surface area (Å²) in [6.45, 7) is 2.02. The summed E-state index contributed by atoms with van der Waals surface area (Å²) in [5.41, 5.74) is 6.64. The van der Waals surface area contributed by atoms with Crippen molar-refractivity contribution in [2.75, 3.05) is 0 Å². The molecule has 0 fully saturated rings. The van der Waals surface area contributed by atoms with Crippen LogP contribution in [0.2, 0.25) is 0 Å². The van der Waals surface area contributed by atoms with Gasteiger partial charge in [-0.15, -0.1) is 0 Å². The Kier molecular flexibility index (Phi) is 3.35. The fraction of sp³-hybridized carbons (Fsp3) is 0.0400. The van der Waals surface area contributed by atoms with Gasteiger partial charge in [-0.3, -0.25) is 9.55 Å². The molecule has 0 N–H and O–H groups in total. The predicted octanol–water partition coefficient (Wildman–Crippen LogP) is 6.30. The first kappa shape index (κ1) is 16.1. The second-order valence-corrected chi connectivity index (χ2v) is 7.15. The van der Waals surface area contributed by atoms with E-state index >= 15 is 0 Å². The maximum absolute atomic E-state index is 6.29. The van der Waals surface area contributed by atoms with Gasteiger partial charge in [0.05, 0.1) is 22.3 Å². The highest BCUT2D eigenvalue weighted by atomic mass is 16.3. The molecule has 6 aromatic rings. The molecule has 0 spiro atoms. The van der Waals surface area contributed by atoms with Crippen molar-refractivity contribution < 1.29 is 4.42 Å². The van der Waals surface area contributed by atoms with Crippen molar-refractivity contribution in [2.24, 2.45) is 0 Å². The summed E-state index contributed by atoms with van der Waals surface area (Å²) in [5.74, 6) is 0.854. The smallest absolute Gasteiger partial charge is 0.149 e. The molecule has 0 unspecified atom stereocenters. The fourth-order valence-electron chi connectivity index (χ4n) is 4.11. The van der Waals surface area contributed by atoms with Crippen LogP contribution in [-0.4, -0.2) is 14.5 Å². The van der Waals surface area contributed by atoms with Gasteiger partial charge in [-0.2, -0.15) is 0 Å². The maximum atomic E-state index is 6.29. The predicted molar refractivity (Wildman–Crippen MR) is 116 cm³/mol. The number of furan rings is 1. The summed E-state index contributed by atoms with van der Waals surface area (Å²) in [6.07, 6.45) is 1.81. The number of aryl methyl sites for hydroxylation is 1. The fourth-order valence-corrected chi connectivity index (χ4v) is 4.11. The Bertz CT molecular complexity index is 1510. The molecule has 3 aromatic heterocycles. The highest BCUT2D eigenvalue weighted by Gasteiger charge is 2.20. The third-order valence-electron chi connectivity index (χ3n) is 5.41. The number of nitrogens with zero attached hydrogens (tertiary/aromatic N) is 3. The molecule has 0 bridgehead atoms. The molecule has 3 heterocycles. The standard InChI is InChI=1S/C25H17N3O/c1-16-23-21(14-15-26-16)27-25(28(23)17-8-3-2-4-9-17)20-12-7-11-19-18-10-5-6-13-22(18)29-24(19)20/h2-15H,1H3. The first-order valence-corrected chi connectivity index (χ1v) is 9.61. The molecule has 0 radical (unpaired) electrons. The van der Waals surface area contributed by atoms with Gasteiger partial charge in [0.2, 0.25) is 0 Å². The third kappa shape index (κ3) is 2.32. The van der Waals surface area contributed by atoms with Crippen molar-refractivity contribution in [3.63, 3.8) is 0 Å². The molecule has 29 heavy (non-hydrogen) atoms. The van der Waals surface area contributed by atoms with Crippen LogP contribution in [0.25, 0.3) is 50.0 Å². The largest absolute Gasteiger partial charge is 0.455 e. The van der Waals surface area contributed by atoms with Gasteiger partial charge in [0.25, 0.3) is 0 Å². The monoisotopic (exact) mass is 375 g/mol. The summed E-state index contributed by atoms with van der Waals surface area (Å²) < 4.78 is 8.47. The normalized spacial score (nSPS) is 11.6. The van der Waals surface area contributed by atoms with Crippen molar-refractivity contribution in [3.05, 3.63) is 90.8 Å². The van der Waals surface area contributed by atoms with Gasteiger partial charge < -0.3 is 4.42 Å². The molecule has 0 aliphatic carbocycles. The molecule has 4 nitrogen and oxygen atoms in total. The van der Waals surface area contributed by atoms with Crippen molar-refractivity contribution in [1.29, 1.82) is 0 Å². The summed E-state index contributed by atoms with van der Waals surface area (Å²) in [4.78, 5) is 9.52. The molecular formula is C25H17N3O. The molecule has 0 amide bonds. The Balaban J connectivity index is 1.76. The van der Waals surface area contributed by atoms with Crippen LogP contribution < -0.4 is 0 Å². The highest BCUT2D eigenvalue weighted by molar-refractivity contribution is 6.09. The Morgan fingerprint density at radius 2 is 1.59 bits per heavy atom. The van der Waals surface area contributed by atoms with E-state index < -0.39 is 0 Å². The number of fused-ring (bicyclic) bond motifs is 4. The number of aromatic nitrogens is 3. The van der Waals surface area contributed by atoms with E-state index in [9.17, 15) is 0 Å². The second kappa shape index (κ2) is 6.04. The van der Waals surface area contributed by atoms with Gasteiger partial charge in [0, 0.05) is 22.7 Å². The van der Waals surface area contributed by atoms with Crippen LogP contribution in [-0.2, 0) is 0 Å². The minimum Gasteiger partial charge on any atom is -0.455 e. The highest BCUT2D eigenvalue weighted by Crippen LogP contribution is 2.37. The van der Waals surface area contributed by atoms with Gasteiger partial charge >= 0.3 is 0 Å². The third-order valence-corrected chi connectivity index (χ3v) is 5.41. The molecule has 4 heteroatoms. The van der Waals surface area contributed by atoms with Crippen molar-refractivity contribution in [2.45, 2.75) is 6.92 Å². The van der Waals surface area contributed by atoms with E-state index in [1.807, 2.05) is 55.6 Å². The van der Waals surface area contributed by atoms with Gasteiger partial charge in [0.15, 0.2) is 0 Å². The maximum Gasteiger partial charge on any atom is 0.149 e. The average Bonchev–Trinajstić information content (AvgIpc) is 3.34. The van der Waals surface area contributed by atoms with Crippen LogP contribution in [0.4, 0.5) is 0 Å². The van der Waals surface area contributed by atoms with E-state index in [1.54, 1.807) is 0 Å². The van der Waals surface area contributed by atoms with E-state index in [1.165, 1.54) is 0 Å². The molecule has 6 rings (SSSR count). The van der Waals surface area contributed by atoms with Crippen LogP contribution in [0.15, 0.2) is 89.5 Å². The second-order valence-electron chi connectivity index (χ2n) is 7.15. The molecule has 0 saturated heterocycles. The molecule has 0 aliphatic heterocycles. The SMILES string of the molecule is Cc1nccc2nc(-c3cccc4c3oc3ccccc34)n(-c3ccccc3)c12. The van der Waals surface area contributed by atoms with E-state index in [2.05, 4.69) is 45.9 Å². The first-order chi connectivity index (χ1) is 14.3. The van der Waals surface area contributed by atoms with Crippen LogP contribution >= 0.6 is 0 Å². The van der Waals surface area contributed by atoms with Crippen LogP contribution in [0.3, 0.4) is 0 Å². The first-order valence-electron chi connectivity index (χ1n) is 9.61. The van der Waals surface area contributed by atoms with Gasteiger partial charge in [-0.1, -0.05) is 48.5 Å². The number of para-hydroxylation sites is 3. The summed E-state index contributed by atoms with van der Waals surface area (Å²) >= 11 is 0. The van der Waals surface area contributed by atoms with Crippen LogP contribution in [0.1, 0.15) is 5.69 Å². The minimum atomic E-state index is 0.854. The molecule has 0 atom stereocenters. The van der Waals surface area contributed by atoms with Crippen molar-refractivity contribution in [3.8, 4) is 17.1 Å². The number of imidazole rings is 1. The number of hydrogen-bond donors (Lipinski definition) is 0. The van der Waals surface area contributed by atoms with Gasteiger partial charge in [-0.25, -0.2) is 4.98 Å². The number of benzene rings is 3. The summed E-state index contributed by atoms with van der Waals surface area (Å²) in [6, 6.07) is 26.6. The zero-order valence-corrected chi connectivity index (χ0v) is 15.8. The van der Waals surface area contributed by atoms with E-state index in [4.69, 9.17) is 9.40 Å². The van der Waals surface area contributed by atoms with Crippen molar-refractivity contribution in [1.82, 2.24) is 14.5 Å². The molecule has 0 saturated carbocycles. The van der Waals surface area contributed by atoms with Gasteiger partial charge in [-0.05, 0) is 37.3 Å². The Hall–Kier alpha value is -3.92. The molecular weight excluding hydrogens is 358 g/mol. The van der Waals surface area contributed by atoms with Gasteiger partial charge in [0.1, 0.15) is 17.0 Å². The molecule has 3 aromatic carbocycles. The lowest BCUT2D eigenvalue weighted by Gasteiger charge is -2.10. The van der Waals surface area contributed by atoms with E-state index in [0.717, 1.165) is 55.7 Å². The lowest BCUT2D eigenvalue weighted by Crippen LogP contribution is -1.99. The number of rotatable bonds is 2. The number of hydrogen-bond acceptors (Lipinski definition) is 3. The van der Waals surface area contributed by atoms with Crippen LogP contribution in [0.5, 0.6) is 0 Å². The van der Waals surface area contributed by atoms with E-state index in [-0.39, 0.29) is 0 Å². The van der Waals surface area contributed by atoms with E-state index in [0.29, 0.717) is 0 Å². The Labute approximate surface area is 167 Å². The zero-order valence-electron chi connectivity index (χ0n) is 15.8. The zero-order chi connectivity index (χ0) is 19.4. The quantitative estimate of drug-likeness (QED) is 0.357. The number of pyridine rings is 1. The Morgan fingerprint density at radius 3 is 2.48 bits per heavy atom. The lowest BCUT2D eigenvalue weighted by atomic mass is 10.1. The van der Waals surface area contributed by atoms with Crippen molar-refractivity contribution >= 4 is 33.0 Å². The Morgan fingerprint density at radius 1 is 0.793 bits per heavy atom. The van der Waals surface area contributed by atoms with Crippen LogP contribution in [0, 0.1) is 6.92 Å². The summed E-state index contributed by atoms with van der Waals surface area (Å²) in [5, 5.41) is 2.21. The topological polar surface area (TPSA) is 43.9 Å². The molecule has 138 valence electrons. The molecule has 0 aliphatic rings. The lowest BCUT2D eigenvalue weighted by molar-refractivity contribution is 0.669.